The van der Waals surface area contributed by atoms with Crippen molar-refractivity contribution < 1.29 is 0 Å². The molecule has 0 fully saturated rings. The molecule has 10 aromatic rings. The predicted molar refractivity (Wildman–Crippen MR) is 228 cm³/mol. The van der Waals surface area contributed by atoms with Crippen LogP contribution in [0.2, 0.25) is 0 Å². The molecule has 0 heterocycles. The Bertz CT molecular complexity index is 2870. The van der Waals surface area contributed by atoms with Crippen LogP contribution in [0.1, 0.15) is 5.56 Å². The fourth-order valence-electron chi connectivity index (χ4n) is 8.66. The molecule has 0 atom stereocenters. The summed E-state index contributed by atoms with van der Waals surface area (Å²) in [5.41, 5.74) is 13.8. The highest BCUT2D eigenvalue weighted by Crippen LogP contribution is 2.46. The molecule has 248 valence electrons. The third-order valence-corrected chi connectivity index (χ3v) is 10.8. The van der Waals surface area contributed by atoms with Crippen molar-refractivity contribution in [1.29, 1.82) is 0 Å². The Hall–Kier alpha value is -6.76. The van der Waals surface area contributed by atoms with E-state index >= 15 is 0 Å². The van der Waals surface area contributed by atoms with E-state index in [4.69, 9.17) is 0 Å². The highest BCUT2D eigenvalue weighted by atomic mass is 14.2. The first-order valence-corrected chi connectivity index (χ1v) is 18.4. The number of hydrogen-bond acceptors (Lipinski definition) is 0. The molecule has 0 N–H and O–H groups in total. The summed E-state index contributed by atoms with van der Waals surface area (Å²) in [6, 6.07) is 73.5. The molecule has 0 unspecified atom stereocenters. The second-order valence-corrected chi connectivity index (χ2v) is 14.1. The van der Waals surface area contributed by atoms with E-state index in [1.165, 1.54) is 104 Å². The predicted octanol–water partition coefficient (Wildman–Crippen LogP) is 14.9. The number of rotatable bonds is 5. The maximum absolute atomic E-state index is 2.40. The minimum Gasteiger partial charge on any atom is -0.0622 e. The van der Waals surface area contributed by atoms with Crippen LogP contribution in [0.15, 0.2) is 200 Å². The van der Waals surface area contributed by atoms with Gasteiger partial charge < -0.3 is 0 Å². The first kappa shape index (κ1) is 31.0. The SMILES string of the molecule is Cc1cc(-c2cccc(-c3c4ccccc4c(-c4ccccc4)c4ccccc34)c2)cc(-c2c3ccccc3c(-c3ccccc3)c3ccccc23)c1. The van der Waals surface area contributed by atoms with Crippen LogP contribution in [-0.4, -0.2) is 0 Å². The van der Waals surface area contributed by atoms with Crippen LogP contribution in [0.25, 0.3) is 98.7 Å². The summed E-state index contributed by atoms with van der Waals surface area (Å²) in [6.45, 7) is 2.23. The van der Waals surface area contributed by atoms with Crippen molar-refractivity contribution >= 4 is 43.1 Å². The van der Waals surface area contributed by atoms with Crippen LogP contribution in [-0.2, 0) is 0 Å². The van der Waals surface area contributed by atoms with Crippen molar-refractivity contribution in [3.05, 3.63) is 206 Å². The fraction of sp³-hybridized carbons (Fsp3) is 0.0189. The van der Waals surface area contributed by atoms with Gasteiger partial charge in [0.25, 0.3) is 0 Å². The Morgan fingerprint density at radius 2 is 0.491 bits per heavy atom. The zero-order valence-corrected chi connectivity index (χ0v) is 29.6. The highest BCUT2D eigenvalue weighted by Gasteiger charge is 2.19. The van der Waals surface area contributed by atoms with E-state index in [0.717, 1.165) is 0 Å². The Kier molecular flexibility index (Phi) is 7.48. The minimum atomic E-state index is 1.21. The van der Waals surface area contributed by atoms with Crippen LogP contribution < -0.4 is 0 Å². The molecule has 0 bridgehead atoms. The van der Waals surface area contributed by atoms with Crippen LogP contribution >= 0.6 is 0 Å². The summed E-state index contributed by atoms with van der Waals surface area (Å²) in [7, 11) is 0. The monoisotopic (exact) mass is 672 g/mol. The van der Waals surface area contributed by atoms with Crippen molar-refractivity contribution in [3.63, 3.8) is 0 Å². The van der Waals surface area contributed by atoms with Gasteiger partial charge in [-0.3, -0.25) is 0 Å². The van der Waals surface area contributed by atoms with Gasteiger partial charge in [0.2, 0.25) is 0 Å². The van der Waals surface area contributed by atoms with Crippen LogP contribution in [0.4, 0.5) is 0 Å². The smallest absolute Gasteiger partial charge is 0.00261 e. The molecule has 0 aliphatic carbocycles. The summed E-state index contributed by atoms with van der Waals surface area (Å²) < 4.78 is 0. The number of fused-ring (bicyclic) bond motifs is 4. The molecule has 0 heteroatoms. The average Bonchev–Trinajstić information content (AvgIpc) is 3.22. The third kappa shape index (κ3) is 5.22. The number of aryl methyl sites for hydroxylation is 1. The lowest BCUT2D eigenvalue weighted by Crippen LogP contribution is -1.92. The van der Waals surface area contributed by atoms with Gasteiger partial charge in [-0.05, 0) is 123 Å². The molecule has 10 aromatic carbocycles. The van der Waals surface area contributed by atoms with Crippen molar-refractivity contribution in [2.24, 2.45) is 0 Å². The van der Waals surface area contributed by atoms with Crippen molar-refractivity contribution in [1.82, 2.24) is 0 Å². The molecule has 0 saturated heterocycles. The van der Waals surface area contributed by atoms with Gasteiger partial charge in [0, 0.05) is 0 Å². The van der Waals surface area contributed by atoms with E-state index in [0.29, 0.717) is 0 Å². The molecule has 53 heavy (non-hydrogen) atoms. The lowest BCUT2D eigenvalue weighted by Gasteiger charge is -2.19. The van der Waals surface area contributed by atoms with Gasteiger partial charge in [0.1, 0.15) is 0 Å². The van der Waals surface area contributed by atoms with Crippen molar-refractivity contribution in [3.8, 4) is 55.6 Å². The Morgan fingerprint density at radius 1 is 0.208 bits per heavy atom. The fourth-order valence-corrected chi connectivity index (χ4v) is 8.66. The van der Waals surface area contributed by atoms with Gasteiger partial charge in [-0.15, -0.1) is 0 Å². The summed E-state index contributed by atoms with van der Waals surface area (Å²) in [4.78, 5) is 0. The molecule has 0 saturated carbocycles. The second-order valence-electron chi connectivity index (χ2n) is 14.1. The third-order valence-electron chi connectivity index (χ3n) is 10.8. The van der Waals surface area contributed by atoms with E-state index in [1.807, 2.05) is 0 Å². The maximum Gasteiger partial charge on any atom is -0.00261 e. The van der Waals surface area contributed by atoms with Gasteiger partial charge >= 0.3 is 0 Å². The van der Waals surface area contributed by atoms with E-state index in [9.17, 15) is 0 Å². The number of hydrogen-bond donors (Lipinski definition) is 0. The lowest BCUT2D eigenvalue weighted by molar-refractivity contribution is 1.47. The topological polar surface area (TPSA) is 0 Å². The molecule has 0 aliphatic rings. The molecule has 0 aliphatic heterocycles. The van der Waals surface area contributed by atoms with Crippen LogP contribution in [0, 0.1) is 6.92 Å². The van der Waals surface area contributed by atoms with E-state index in [1.54, 1.807) is 0 Å². The summed E-state index contributed by atoms with van der Waals surface area (Å²) in [5, 5.41) is 10.2. The first-order valence-electron chi connectivity index (χ1n) is 18.4. The molecule has 0 aromatic heterocycles. The average molecular weight is 673 g/mol. The summed E-state index contributed by atoms with van der Waals surface area (Å²) >= 11 is 0. The summed E-state index contributed by atoms with van der Waals surface area (Å²) in [5.74, 6) is 0. The Labute approximate surface area is 310 Å². The molecule has 0 nitrogen and oxygen atoms in total. The quantitative estimate of drug-likeness (QED) is 0.160. The maximum atomic E-state index is 2.40. The zero-order chi connectivity index (χ0) is 35.3. The molecular formula is C53H36. The van der Waals surface area contributed by atoms with Crippen LogP contribution in [0.3, 0.4) is 0 Å². The van der Waals surface area contributed by atoms with Crippen LogP contribution in [0.5, 0.6) is 0 Å². The first-order chi connectivity index (χ1) is 26.2. The van der Waals surface area contributed by atoms with E-state index < -0.39 is 0 Å². The molecule has 0 spiro atoms. The largest absolute Gasteiger partial charge is 0.0622 e. The van der Waals surface area contributed by atoms with Gasteiger partial charge in [0.05, 0.1) is 0 Å². The molecule has 0 amide bonds. The minimum absolute atomic E-state index is 1.21. The molecular weight excluding hydrogens is 637 g/mol. The van der Waals surface area contributed by atoms with Crippen molar-refractivity contribution in [2.75, 3.05) is 0 Å². The van der Waals surface area contributed by atoms with Gasteiger partial charge in [0.15, 0.2) is 0 Å². The van der Waals surface area contributed by atoms with Gasteiger partial charge in [-0.1, -0.05) is 188 Å². The Balaban J connectivity index is 1.19. The van der Waals surface area contributed by atoms with Gasteiger partial charge in [-0.2, -0.15) is 0 Å². The van der Waals surface area contributed by atoms with E-state index in [-0.39, 0.29) is 0 Å². The lowest BCUT2D eigenvalue weighted by atomic mass is 9.84. The summed E-state index contributed by atoms with van der Waals surface area (Å²) in [6.07, 6.45) is 0. The Morgan fingerprint density at radius 3 is 0.906 bits per heavy atom. The second kappa shape index (κ2) is 12.8. The normalized spacial score (nSPS) is 11.5. The molecule has 0 radical (unpaired) electrons. The van der Waals surface area contributed by atoms with E-state index in [2.05, 4.69) is 207 Å². The van der Waals surface area contributed by atoms with Crippen molar-refractivity contribution in [2.45, 2.75) is 6.92 Å². The number of benzene rings is 10. The highest BCUT2D eigenvalue weighted by molar-refractivity contribution is 6.23. The zero-order valence-electron chi connectivity index (χ0n) is 29.6. The standard InChI is InChI=1S/C53H36/c1-35-31-40(34-41(32-35)53-48-29-14-10-25-44(48)51(37-19-6-3-7-20-37)45-26-11-15-30-49(45)53)38-21-16-22-39(33-38)52-46-27-12-8-23-42(46)50(36-17-4-2-5-18-36)43-24-9-13-28-47(43)52/h2-34H,1H3. The molecule has 10 rings (SSSR count). The van der Waals surface area contributed by atoms with Gasteiger partial charge in [-0.25, -0.2) is 0 Å².